The monoisotopic (exact) mass is 554 g/mol. The molecule has 0 heterocycles. The lowest BCUT2D eigenvalue weighted by atomic mass is 9.88. The largest absolute Gasteiger partial charge is 0.478 e. The second-order valence-corrected chi connectivity index (χ2v) is 12.5. The second-order valence-electron chi connectivity index (χ2n) is 10.4. The first-order valence-electron chi connectivity index (χ1n) is 12.2. The summed E-state index contributed by atoms with van der Waals surface area (Å²) in [5.74, 6) is -0.944. The van der Waals surface area contributed by atoms with Gasteiger partial charge in [0.2, 0.25) is 10.0 Å². The van der Waals surface area contributed by atoms with Crippen molar-refractivity contribution in [1.82, 2.24) is 9.62 Å². The molecule has 0 radical (unpaired) electrons. The molecular formula is C27H33F3N2O5S. The van der Waals surface area contributed by atoms with Crippen molar-refractivity contribution in [3.05, 3.63) is 70.8 Å². The predicted octanol–water partition coefficient (Wildman–Crippen LogP) is 3.96. The van der Waals surface area contributed by atoms with Crippen LogP contribution in [0.4, 0.5) is 13.2 Å². The Labute approximate surface area is 221 Å². The molecule has 3 rings (SSSR count). The molecule has 0 saturated carbocycles. The zero-order valence-electron chi connectivity index (χ0n) is 21.5. The van der Waals surface area contributed by atoms with Gasteiger partial charge in [-0.05, 0) is 80.0 Å². The normalized spacial score (nSPS) is 15.8. The van der Waals surface area contributed by atoms with E-state index in [-0.39, 0.29) is 24.2 Å². The first kappa shape index (κ1) is 29.8. The fourth-order valence-corrected chi connectivity index (χ4v) is 6.11. The van der Waals surface area contributed by atoms with Crippen LogP contribution in [0.25, 0.3) is 6.08 Å². The van der Waals surface area contributed by atoms with Crippen LogP contribution in [0.15, 0.2) is 53.4 Å². The van der Waals surface area contributed by atoms with E-state index in [1.807, 2.05) is 26.0 Å². The molecular weight excluding hydrogens is 521 g/mol. The number of sulfonamides is 1. The van der Waals surface area contributed by atoms with Crippen LogP contribution in [0.5, 0.6) is 0 Å². The summed E-state index contributed by atoms with van der Waals surface area (Å²) in [7, 11) is -3.24. The van der Waals surface area contributed by atoms with Gasteiger partial charge in [-0.25, -0.2) is 13.2 Å². The Hall–Kier alpha value is -2.73. The van der Waals surface area contributed by atoms with E-state index in [1.165, 1.54) is 18.2 Å². The number of nitrogens with zero attached hydrogens (tertiary/aromatic N) is 1. The highest BCUT2D eigenvalue weighted by atomic mass is 32.2. The molecule has 2 aromatic carbocycles. The lowest BCUT2D eigenvalue weighted by molar-refractivity contribution is -0.137. The third-order valence-electron chi connectivity index (χ3n) is 6.60. The molecule has 0 bridgehead atoms. The number of halogens is 3. The van der Waals surface area contributed by atoms with Crippen molar-refractivity contribution in [3.8, 4) is 0 Å². The summed E-state index contributed by atoms with van der Waals surface area (Å²) in [6.45, 7) is 3.76. The SMILES string of the molecule is CN(CC(O)CNC(C)(C)CC1Cc2ccccc2C1)S(=O)(=O)c1cc(/C=C/C(=O)O)cc(C(F)(F)F)c1. The summed E-state index contributed by atoms with van der Waals surface area (Å²) >= 11 is 0. The maximum atomic E-state index is 13.4. The van der Waals surface area contributed by atoms with Gasteiger partial charge in [-0.3, -0.25) is 0 Å². The number of aliphatic hydroxyl groups excluding tert-OH is 1. The predicted molar refractivity (Wildman–Crippen MR) is 138 cm³/mol. The smallest absolute Gasteiger partial charge is 0.416 e. The van der Waals surface area contributed by atoms with Gasteiger partial charge >= 0.3 is 12.1 Å². The van der Waals surface area contributed by atoms with Crippen LogP contribution in [0, 0.1) is 5.92 Å². The lowest BCUT2D eigenvalue weighted by Gasteiger charge is -2.31. The minimum Gasteiger partial charge on any atom is -0.478 e. The van der Waals surface area contributed by atoms with Crippen molar-refractivity contribution in [2.75, 3.05) is 20.1 Å². The molecule has 7 nitrogen and oxygen atoms in total. The van der Waals surface area contributed by atoms with E-state index in [9.17, 15) is 31.5 Å². The summed E-state index contributed by atoms with van der Waals surface area (Å²) in [5.41, 5.74) is 0.896. The first-order valence-corrected chi connectivity index (χ1v) is 13.6. The summed E-state index contributed by atoms with van der Waals surface area (Å²) in [6, 6.07) is 10.4. The van der Waals surface area contributed by atoms with Crippen LogP contribution in [0.3, 0.4) is 0 Å². The van der Waals surface area contributed by atoms with Crippen molar-refractivity contribution in [2.24, 2.45) is 5.92 Å². The molecule has 0 amide bonds. The topological polar surface area (TPSA) is 107 Å². The van der Waals surface area contributed by atoms with E-state index in [2.05, 4.69) is 17.4 Å². The van der Waals surface area contributed by atoms with Gasteiger partial charge in [-0.2, -0.15) is 17.5 Å². The number of carboxylic acid groups (broad SMARTS) is 1. The van der Waals surface area contributed by atoms with Crippen molar-refractivity contribution in [1.29, 1.82) is 0 Å². The zero-order chi connectivity index (χ0) is 28.3. The Balaban J connectivity index is 1.64. The number of hydrogen-bond donors (Lipinski definition) is 3. The Bertz CT molecular complexity index is 1270. The third kappa shape index (κ3) is 7.89. The quantitative estimate of drug-likeness (QED) is 0.363. The molecule has 0 saturated heterocycles. The Morgan fingerprint density at radius 2 is 1.76 bits per heavy atom. The van der Waals surface area contributed by atoms with Crippen molar-refractivity contribution in [3.63, 3.8) is 0 Å². The standard InChI is InChI=1S/C27H33F3N2O5S/c1-26(2,15-19-10-20-6-4-5-7-21(20)11-19)31-16-23(33)17-32(3)38(36,37)24-13-18(8-9-25(34)35)12-22(14-24)27(28,29)30/h4-9,12-14,19,23,31,33H,10-11,15-17H2,1-3H3,(H,34,35)/b9-8+. The molecule has 2 aromatic rings. The van der Waals surface area contributed by atoms with Gasteiger partial charge in [0.25, 0.3) is 0 Å². The maximum Gasteiger partial charge on any atom is 0.416 e. The van der Waals surface area contributed by atoms with Crippen LogP contribution in [0.1, 0.15) is 42.5 Å². The third-order valence-corrected chi connectivity index (χ3v) is 8.40. The molecule has 3 N–H and O–H groups in total. The average molecular weight is 555 g/mol. The highest BCUT2D eigenvalue weighted by Gasteiger charge is 2.34. The molecule has 1 atom stereocenters. The summed E-state index contributed by atoms with van der Waals surface area (Å²) in [4.78, 5) is 10.1. The number of aliphatic carboxylic acids is 1. The molecule has 0 aromatic heterocycles. The van der Waals surface area contributed by atoms with Crippen LogP contribution in [-0.4, -0.2) is 60.7 Å². The second kappa shape index (κ2) is 11.6. The van der Waals surface area contributed by atoms with Gasteiger partial charge in [0.1, 0.15) is 0 Å². The number of nitrogens with one attached hydrogen (secondary N) is 1. The minimum atomic E-state index is -4.84. The van der Waals surface area contributed by atoms with Crippen molar-refractivity contribution >= 4 is 22.1 Å². The molecule has 0 spiro atoms. The van der Waals surface area contributed by atoms with Crippen molar-refractivity contribution in [2.45, 2.75) is 55.8 Å². The van der Waals surface area contributed by atoms with Gasteiger partial charge in [0.05, 0.1) is 16.6 Å². The Kier molecular flexibility index (Phi) is 9.08. The molecule has 1 unspecified atom stereocenters. The number of rotatable bonds is 11. The van der Waals surface area contributed by atoms with Gasteiger partial charge in [0.15, 0.2) is 0 Å². The van der Waals surface area contributed by atoms with E-state index >= 15 is 0 Å². The van der Waals surface area contributed by atoms with E-state index in [0.29, 0.717) is 24.1 Å². The molecule has 0 fully saturated rings. The van der Waals surface area contributed by atoms with Gasteiger partial charge in [-0.1, -0.05) is 24.3 Å². The number of benzene rings is 2. The van der Waals surface area contributed by atoms with Gasteiger partial charge < -0.3 is 15.5 Å². The zero-order valence-corrected chi connectivity index (χ0v) is 22.3. The number of carbonyl (C=O) groups is 1. The van der Waals surface area contributed by atoms with Gasteiger partial charge in [-0.15, -0.1) is 0 Å². The number of β-amino-alcohol motifs (C(OH)–C–C–N with tert-alkyl or cyclic N) is 1. The molecule has 1 aliphatic rings. The van der Waals surface area contributed by atoms with E-state index in [1.54, 1.807) is 0 Å². The summed E-state index contributed by atoms with van der Waals surface area (Å²) in [6.07, 6.45) is -1.65. The minimum absolute atomic E-state index is 0.0850. The maximum absolute atomic E-state index is 13.4. The van der Waals surface area contributed by atoms with E-state index in [4.69, 9.17) is 5.11 Å². The number of likely N-dealkylation sites (N-methyl/N-ethyl adjacent to an activating group) is 1. The molecule has 208 valence electrons. The van der Waals surface area contributed by atoms with Crippen molar-refractivity contribution < 1.29 is 36.6 Å². The van der Waals surface area contributed by atoms with Crippen LogP contribution < -0.4 is 5.32 Å². The number of fused-ring (bicyclic) bond motifs is 1. The first-order chi connectivity index (χ1) is 17.6. The number of aliphatic hydroxyl groups is 1. The lowest BCUT2D eigenvalue weighted by Crippen LogP contribution is -2.47. The summed E-state index contributed by atoms with van der Waals surface area (Å²) in [5, 5.41) is 22.6. The number of hydrogen-bond acceptors (Lipinski definition) is 5. The number of alkyl halides is 3. The highest BCUT2D eigenvalue weighted by Crippen LogP contribution is 2.33. The van der Waals surface area contributed by atoms with E-state index < -0.39 is 38.7 Å². The fraction of sp³-hybridized carbons (Fsp3) is 0.444. The fourth-order valence-electron chi connectivity index (χ4n) is 4.82. The highest BCUT2D eigenvalue weighted by molar-refractivity contribution is 7.89. The Morgan fingerprint density at radius 1 is 1.16 bits per heavy atom. The molecule has 0 aliphatic heterocycles. The van der Waals surface area contributed by atoms with Crippen LogP contribution in [-0.2, 0) is 33.8 Å². The Morgan fingerprint density at radius 3 is 2.32 bits per heavy atom. The summed E-state index contributed by atoms with van der Waals surface area (Å²) < 4.78 is 67.1. The number of carboxylic acids is 1. The van der Waals surface area contributed by atoms with Gasteiger partial charge in [0, 0.05) is 31.8 Å². The van der Waals surface area contributed by atoms with Crippen LogP contribution in [0.2, 0.25) is 0 Å². The molecule has 11 heteroatoms. The van der Waals surface area contributed by atoms with Crippen LogP contribution >= 0.6 is 0 Å². The average Bonchev–Trinajstić information content (AvgIpc) is 3.22. The van der Waals surface area contributed by atoms with E-state index in [0.717, 1.165) is 35.7 Å². The molecule has 38 heavy (non-hydrogen) atoms. The molecule has 1 aliphatic carbocycles.